The number of nitrogens with zero attached hydrogens (tertiary/aromatic N) is 3. The third kappa shape index (κ3) is 3.57. The summed E-state index contributed by atoms with van der Waals surface area (Å²) in [5, 5.41) is 17.2. The van der Waals surface area contributed by atoms with Gasteiger partial charge in [0.1, 0.15) is 11.8 Å². The summed E-state index contributed by atoms with van der Waals surface area (Å²) >= 11 is 0. The van der Waals surface area contributed by atoms with E-state index < -0.39 is 0 Å². The Morgan fingerprint density at radius 3 is 2.59 bits per heavy atom. The Morgan fingerprint density at radius 1 is 1.11 bits per heavy atom. The van der Waals surface area contributed by atoms with E-state index in [-0.39, 0.29) is 12.6 Å². The molecule has 27 heavy (non-hydrogen) atoms. The zero-order valence-electron chi connectivity index (χ0n) is 15.2. The normalized spacial score (nSPS) is 15.6. The average Bonchev–Trinajstić information content (AvgIpc) is 3.15. The van der Waals surface area contributed by atoms with Crippen LogP contribution in [0.1, 0.15) is 29.4 Å². The second-order valence-corrected chi connectivity index (χ2v) is 6.41. The fraction of sp³-hybridized carbons (Fsp3) is 0.238. The molecule has 2 aromatic carbocycles. The van der Waals surface area contributed by atoms with Gasteiger partial charge in [0.25, 0.3) is 0 Å². The van der Waals surface area contributed by atoms with Crippen LogP contribution in [-0.4, -0.2) is 33.6 Å². The van der Waals surface area contributed by atoms with Crippen molar-refractivity contribution in [2.24, 2.45) is 0 Å². The molecule has 1 aromatic heterocycles. The minimum atomic E-state index is -0.0464. The molecule has 0 fully saturated rings. The lowest BCUT2D eigenvalue weighted by Crippen LogP contribution is -2.20. The summed E-state index contributed by atoms with van der Waals surface area (Å²) in [4.78, 5) is 4.64. The zero-order valence-corrected chi connectivity index (χ0v) is 15.2. The molecule has 2 N–H and O–H groups in total. The summed E-state index contributed by atoms with van der Waals surface area (Å²) < 4.78 is 7.17. The quantitative estimate of drug-likeness (QED) is 0.704. The molecular formula is C21H22N4O2. The van der Waals surface area contributed by atoms with Gasteiger partial charge in [0, 0.05) is 18.7 Å². The third-order valence-corrected chi connectivity index (χ3v) is 4.61. The average molecular weight is 362 g/mol. The Morgan fingerprint density at radius 2 is 1.89 bits per heavy atom. The van der Waals surface area contributed by atoms with E-state index in [0.29, 0.717) is 18.8 Å². The van der Waals surface area contributed by atoms with E-state index in [1.165, 1.54) is 0 Å². The topological polar surface area (TPSA) is 72.2 Å². The third-order valence-electron chi connectivity index (χ3n) is 4.61. The van der Waals surface area contributed by atoms with E-state index in [9.17, 15) is 0 Å². The Hall–Kier alpha value is -3.12. The van der Waals surface area contributed by atoms with Crippen molar-refractivity contribution in [2.75, 3.05) is 19.0 Å². The van der Waals surface area contributed by atoms with Crippen LogP contribution in [0.25, 0.3) is 5.70 Å². The van der Waals surface area contributed by atoms with Gasteiger partial charge in [-0.1, -0.05) is 30.3 Å². The minimum absolute atomic E-state index is 0.0464. The smallest absolute Gasteiger partial charge is 0.226 e. The first-order chi connectivity index (χ1) is 13.3. The van der Waals surface area contributed by atoms with Gasteiger partial charge in [-0.05, 0) is 47.9 Å². The summed E-state index contributed by atoms with van der Waals surface area (Å²) in [5.74, 6) is 2.27. The molecule has 138 valence electrons. The monoisotopic (exact) mass is 362 g/mol. The summed E-state index contributed by atoms with van der Waals surface area (Å²) in [7, 11) is 1.66. The number of aliphatic hydroxyl groups is 1. The number of hydrogen-bond acceptors (Lipinski definition) is 5. The fourth-order valence-corrected chi connectivity index (χ4v) is 3.21. The van der Waals surface area contributed by atoms with E-state index in [0.717, 1.165) is 28.4 Å². The predicted octanol–water partition coefficient (Wildman–Crippen LogP) is 3.27. The van der Waals surface area contributed by atoms with Crippen molar-refractivity contribution in [1.82, 2.24) is 14.8 Å². The van der Waals surface area contributed by atoms with E-state index in [2.05, 4.69) is 33.6 Å². The predicted molar refractivity (Wildman–Crippen MR) is 105 cm³/mol. The molecule has 0 aliphatic carbocycles. The van der Waals surface area contributed by atoms with Gasteiger partial charge in [-0.15, -0.1) is 0 Å². The summed E-state index contributed by atoms with van der Waals surface area (Å²) in [5.41, 5.74) is 3.19. The first kappa shape index (κ1) is 17.3. The molecule has 1 atom stereocenters. The van der Waals surface area contributed by atoms with Crippen molar-refractivity contribution >= 4 is 11.6 Å². The highest BCUT2D eigenvalue weighted by Gasteiger charge is 2.25. The molecule has 0 unspecified atom stereocenters. The van der Waals surface area contributed by atoms with E-state index in [4.69, 9.17) is 9.84 Å². The van der Waals surface area contributed by atoms with Gasteiger partial charge in [-0.25, -0.2) is 4.68 Å². The molecular weight excluding hydrogens is 340 g/mol. The maximum absolute atomic E-state index is 9.10. The maximum Gasteiger partial charge on any atom is 0.226 e. The van der Waals surface area contributed by atoms with E-state index in [1.54, 1.807) is 7.11 Å². The van der Waals surface area contributed by atoms with Gasteiger partial charge in [0.15, 0.2) is 5.82 Å². The number of methoxy groups -OCH3 is 1. The van der Waals surface area contributed by atoms with Crippen LogP contribution in [0.15, 0.2) is 60.7 Å². The highest BCUT2D eigenvalue weighted by Crippen LogP contribution is 2.33. The number of ether oxygens (including phenoxy) is 1. The number of benzene rings is 2. The van der Waals surface area contributed by atoms with Crippen molar-refractivity contribution in [3.8, 4) is 5.75 Å². The van der Waals surface area contributed by atoms with E-state index in [1.807, 2.05) is 47.1 Å². The number of anilines is 1. The lowest BCUT2D eigenvalue weighted by atomic mass is 10.0. The molecule has 0 saturated carbocycles. The summed E-state index contributed by atoms with van der Waals surface area (Å²) in [6, 6.07) is 18.2. The number of aryl methyl sites for hydroxylation is 1. The summed E-state index contributed by atoms with van der Waals surface area (Å²) in [6.45, 7) is 0.134. The molecule has 2 heterocycles. The number of hydrogen-bond donors (Lipinski definition) is 2. The Kier molecular flexibility index (Phi) is 4.89. The molecule has 0 bridgehead atoms. The molecule has 6 nitrogen and oxygen atoms in total. The van der Waals surface area contributed by atoms with Gasteiger partial charge < -0.3 is 15.2 Å². The number of allylic oxidation sites excluding steroid dienone is 1. The molecule has 1 aliphatic rings. The number of rotatable bonds is 6. The molecule has 4 rings (SSSR count). The molecule has 0 radical (unpaired) electrons. The Balaban J connectivity index is 1.73. The Bertz CT molecular complexity index is 933. The number of nitrogens with one attached hydrogen (secondary N) is 1. The molecule has 0 spiro atoms. The van der Waals surface area contributed by atoms with Crippen LogP contribution in [0.3, 0.4) is 0 Å². The van der Waals surface area contributed by atoms with Crippen molar-refractivity contribution in [3.63, 3.8) is 0 Å². The van der Waals surface area contributed by atoms with Crippen LogP contribution in [0, 0.1) is 0 Å². The standard InChI is InChI=1S/C21H22N4O2/c1-27-17-11-9-15(10-12-17)18-14-19(16-6-3-2-4-7-16)25-21(22-18)23-20(24-25)8-5-13-26/h2-4,6-7,9-12,14,19,26H,5,8,13H2,1H3,(H,22,23,24)/t19-/m0/s1. The van der Waals surface area contributed by atoms with E-state index >= 15 is 0 Å². The van der Waals surface area contributed by atoms with Crippen molar-refractivity contribution in [2.45, 2.75) is 18.9 Å². The first-order valence-corrected chi connectivity index (χ1v) is 9.03. The van der Waals surface area contributed by atoms with Crippen LogP contribution in [-0.2, 0) is 6.42 Å². The SMILES string of the molecule is COc1ccc(C2=C[C@@H](c3ccccc3)n3nc(CCCO)nc3N2)cc1. The lowest BCUT2D eigenvalue weighted by Gasteiger charge is -2.24. The van der Waals surface area contributed by atoms with Gasteiger partial charge in [-0.3, -0.25) is 0 Å². The zero-order chi connectivity index (χ0) is 18.6. The molecule has 6 heteroatoms. The van der Waals surface area contributed by atoms with Gasteiger partial charge in [0.05, 0.1) is 7.11 Å². The largest absolute Gasteiger partial charge is 0.497 e. The van der Waals surface area contributed by atoms with Crippen molar-refractivity contribution in [3.05, 3.63) is 77.6 Å². The maximum atomic E-state index is 9.10. The first-order valence-electron chi connectivity index (χ1n) is 9.03. The summed E-state index contributed by atoms with van der Waals surface area (Å²) in [6.07, 6.45) is 3.46. The van der Waals surface area contributed by atoms with Gasteiger partial charge in [0.2, 0.25) is 5.95 Å². The van der Waals surface area contributed by atoms with Crippen molar-refractivity contribution in [1.29, 1.82) is 0 Å². The fourth-order valence-electron chi connectivity index (χ4n) is 3.21. The van der Waals surface area contributed by atoms with Gasteiger partial charge >= 0.3 is 0 Å². The highest BCUT2D eigenvalue weighted by atomic mass is 16.5. The number of aliphatic hydroxyl groups excluding tert-OH is 1. The van der Waals surface area contributed by atoms with Crippen LogP contribution < -0.4 is 10.1 Å². The van der Waals surface area contributed by atoms with Crippen LogP contribution in [0.4, 0.5) is 5.95 Å². The highest BCUT2D eigenvalue weighted by molar-refractivity contribution is 5.77. The molecule has 1 aliphatic heterocycles. The molecule has 0 saturated heterocycles. The van der Waals surface area contributed by atoms with Crippen LogP contribution in [0.2, 0.25) is 0 Å². The second-order valence-electron chi connectivity index (χ2n) is 6.41. The van der Waals surface area contributed by atoms with Crippen LogP contribution >= 0.6 is 0 Å². The van der Waals surface area contributed by atoms with Crippen molar-refractivity contribution < 1.29 is 9.84 Å². The Labute approximate surface area is 158 Å². The molecule has 0 amide bonds. The minimum Gasteiger partial charge on any atom is -0.497 e. The second kappa shape index (κ2) is 7.63. The van der Waals surface area contributed by atoms with Gasteiger partial charge in [-0.2, -0.15) is 10.1 Å². The number of aromatic nitrogens is 3. The number of fused-ring (bicyclic) bond motifs is 1. The lowest BCUT2D eigenvalue weighted by molar-refractivity contribution is 0.287. The molecule has 3 aromatic rings. The van der Waals surface area contributed by atoms with Crippen LogP contribution in [0.5, 0.6) is 5.75 Å².